The molecule has 0 saturated heterocycles. The summed E-state index contributed by atoms with van der Waals surface area (Å²) in [6.45, 7) is 0. The van der Waals surface area contributed by atoms with Crippen molar-refractivity contribution in [3.05, 3.63) is 70.8 Å². The van der Waals surface area contributed by atoms with Crippen LogP contribution in [0.3, 0.4) is 0 Å². The van der Waals surface area contributed by atoms with Crippen molar-refractivity contribution in [3.63, 3.8) is 0 Å². The summed E-state index contributed by atoms with van der Waals surface area (Å²) in [5.41, 5.74) is 1.07. The quantitative estimate of drug-likeness (QED) is 0.767. The SMILES string of the molecule is CS(=O)(=O)NC(=O)c1ccc(-n2cnc3ccccc3c2=O)cc1. The number of sulfonamides is 1. The molecule has 0 aliphatic heterocycles. The summed E-state index contributed by atoms with van der Waals surface area (Å²) in [6.07, 6.45) is 2.32. The lowest BCUT2D eigenvalue weighted by molar-refractivity contribution is 0.0981. The Morgan fingerprint density at radius 1 is 1.08 bits per heavy atom. The number of hydrogen-bond acceptors (Lipinski definition) is 5. The fraction of sp³-hybridized carbons (Fsp3) is 0.0625. The number of benzene rings is 2. The fourth-order valence-corrected chi connectivity index (χ4v) is 2.71. The molecule has 1 aromatic heterocycles. The maximum absolute atomic E-state index is 12.5. The molecule has 8 heteroatoms. The van der Waals surface area contributed by atoms with Gasteiger partial charge in [0.1, 0.15) is 6.33 Å². The molecule has 24 heavy (non-hydrogen) atoms. The van der Waals surface area contributed by atoms with Crippen LogP contribution in [0.25, 0.3) is 16.6 Å². The van der Waals surface area contributed by atoms with Crippen LogP contribution >= 0.6 is 0 Å². The van der Waals surface area contributed by atoms with E-state index in [1.807, 2.05) is 4.72 Å². The minimum absolute atomic E-state index is 0.172. The number of carbonyl (C=O) groups excluding carboxylic acids is 1. The molecule has 0 radical (unpaired) electrons. The summed E-state index contributed by atoms with van der Waals surface area (Å²) in [6, 6.07) is 13.0. The molecule has 122 valence electrons. The molecule has 0 spiro atoms. The number of aromatic nitrogens is 2. The van der Waals surface area contributed by atoms with Gasteiger partial charge in [0.05, 0.1) is 22.8 Å². The number of nitrogens with zero attached hydrogens (tertiary/aromatic N) is 2. The van der Waals surface area contributed by atoms with Crippen molar-refractivity contribution in [1.82, 2.24) is 14.3 Å². The van der Waals surface area contributed by atoms with Crippen molar-refractivity contribution in [2.45, 2.75) is 0 Å². The maximum atomic E-state index is 12.5. The van der Waals surface area contributed by atoms with Crippen LogP contribution in [0.2, 0.25) is 0 Å². The van der Waals surface area contributed by atoms with Crippen molar-refractivity contribution in [3.8, 4) is 5.69 Å². The van der Waals surface area contributed by atoms with Gasteiger partial charge in [-0.25, -0.2) is 18.1 Å². The number of rotatable bonds is 3. The van der Waals surface area contributed by atoms with Crippen LogP contribution < -0.4 is 10.3 Å². The number of fused-ring (bicyclic) bond motifs is 1. The Morgan fingerprint density at radius 2 is 1.75 bits per heavy atom. The van der Waals surface area contributed by atoms with Gasteiger partial charge < -0.3 is 0 Å². The summed E-state index contributed by atoms with van der Waals surface area (Å²) < 4.78 is 25.4. The highest BCUT2D eigenvalue weighted by molar-refractivity contribution is 7.89. The summed E-state index contributed by atoms with van der Waals surface area (Å²) >= 11 is 0. The van der Waals surface area contributed by atoms with E-state index in [1.54, 1.807) is 36.4 Å². The van der Waals surface area contributed by atoms with E-state index in [1.165, 1.54) is 23.0 Å². The zero-order valence-corrected chi connectivity index (χ0v) is 13.4. The minimum atomic E-state index is -3.63. The molecule has 2 aromatic carbocycles. The lowest BCUT2D eigenvalue weighted by Crippen LogP contribution is -2.29. The predicted molar refractivity (Wildman–Crippen MR) is 89.7 cm³/mol. The van der Waals surface area contributed by atoms with E-state index >= 15 is 0 Å². The van der Waals surface area contributed by atoms with E-state index in [0.717, 1.165) is 6.26 Å². The van der Waals surface area contributed by atoms with Crippen LogP contribution in [0.5, 0.6) is 0 Å². The van der Waals surface area contributed by atoms with Gasteiger partial charge in [-0.15, -0.1) is 0 Å². The Balaban J connectivity index is 1.98. The van der Waals surface area contributed by atoms with Gasteiger partial charge in [0.2, 0.25) is 10.0 Å². The van der Waals surface area contributed by atoms with Gasteiger partial charge in [-0.3, -0.25) is 14.2 Å². The Kier molecular flexibility index (Phi) is 3.90. The standard InChI is InChI=1S/C16H13N3O4S/c1-24(22,23)18-15(20)11-6-8-12(9-7-11)19-10-17-14-5-3-2-4-13(14)16(19)21/h2-10H,1H3,(H,18,20). The van der Waals surface area contributed by atoms with E-state index in [0.29, 0.717) is 16.6 Å². The van der Waals surface area contributed by atoms with Gasteiger partial charge in [-0.1, -0.05) is 12.1 Å². The van der Waals surface area contributed by atoms with Gasteiger partial charge in [0.25, 0.3) is 11.5 Å². The van der Waals surface area contributed by atoms with Gasteiger partial charge in [-0.2, -0.15) is 0 Å². The first kappa shape index (κ1) is 15.9. The summed E-state index contributed by atoms with van der Waals surface area (Å²) in [5.74, 6) is -0.729. The molecule has 3 rings (SSSR count). The molecule has 0 aliphatic carbocycles. The highest BCUT2D eigenvalue weighted by atomic mass is 32.2. The molecular weight excluding hydrogens is 330 g/mol. The highest BCUT2D eigenvalue weighted by Crippen LogP contribution is 2.11. The number of hydrogen-bond donors (Lipinski definition) is 1. The molecule has 1 heterocycles. The lowest BCUT2D eigenvalue weighted by atomic mass is 10.2. The molecule has 3 aromatic rings. The van der Waals surface area contributed by atoms with Crippen LogP contribution in [0, 0.1) is 0 Å². The number of carbonyl (C=O) groups is 1. The first-order chi connectivity index (χ1) is 11.3. The molecule has 1 N–H and O–H groups in total. The smallest absolute Gasteiger partial charge is 0.265 e. The lowest BCUT2D eigenvalue weighted by Gasteiger charge is -2.08. The first-order valence-electron chi connectivity index (χ1n) is 6.94. The third-order valence-corrected chi connectivity index (χ3v) is 3.91. The van der Waals surface area contributed by atoms with E-state index in [9.17, 15) is 18.0 Å². The fourth-order valence-electron chi connectivity index (χ4n) is 2.25. The second kappa shape index (κ2) is 5.89. The van der Waals surface area contributed by atoms with Crippen LogP contribution in [0.4, 0.5) is 0 Å². The number of para-hydroxylation sites is 1. The molecule has 0 atom stereocenters. The van der Waals surface area contributed by atoms with Crippen LogP contribution in [-0.4, -0.2) is 30.1 Å². The molecule has 7 nitrogen and oxygen atoms in total. The molecule has 0 bridgehead atoms. The zero-order valence-electron chi connectivity index (χ0n) is 12.6. The summed E-state index contributed by atoms with van der Waals surface area (Å²) in [7, 11) is -3.63. The summed E-state index contributed by atoms with van der Waals surface area (Å²) in [5, 5.41) is 0.485. The maximum Gasteiger partial charge on any atom is 0.265 e. The van der Waals surface area contributed by atoms with Crippen molar-refractivity contribution < 1.29 is 13.2 Å². The van der Waals surface area contributed by atoms with E-state index in [2.05, 4.69) is 4.98 Å². The third-order valence-electron chi connectivity index (χ3n) is 3.35. The molecule has 1 amide bonds. The van der Waals surface area contributed by atoms with Crippen molar-refractivity contribution in [2.75, 3.05) is 6.26 Å². The van der Waals surface area contributed by atoms with E-state index < -0.39 is 15.9 Å². The normalized spacial score (nSPS) is 11.4. The Morgan fingerprint density at radius 3 is 2.42 bits per heavy atom. The van der Waals surface area contributed by atoms with Crippen LogP contribution in [0.1, 0.15) is 10.4 Å². The second-order valence-electron chi connectivity index (χ2n) is 5.19. The van der Waals surface area contributed by atoms with Crippen LogP contribution in [-0.2, 0) is 10.0 Å². The van der Waals surface area contributed by atoms with E-state index in [-0.39, 0.29) is 11.1 Å². The topological polar surface area (TPSA) is 98.1 Å². The largest absolute Gasteiger partial charge is 0.268 e. The summed E-state index contributed by atoms with van der Waals surface area (Å²) in [4.78, 5) is 28.5. The van der Waals surface area contributed by atoms with Crippen molar-refractivity contribution in [2.24, 2.45) is 0 Å². The van der Waals surface area contributed by atoms with Gasteiger partial charge in [-0.05, 0) is 36.4 Å². The number of nitrogens with one attached hydrogen (secondary N) is 1. The molecule has 0 saturated carbocycles. The van der Waals surface area contributed by atoms with Crippen molar-refractivity contribution in [1.29, 1.82) is 0 Å². The minimum Gasteiger partial charge on any atom is -0.268 e. The highest BCUT2D eigenvalue weighted by Gasteiger charge is 2.11. The van der Waals surface area contributed by atoms with Gasteiger partial charge in [0.15, 0.2) is 0 Å². The van der Waals surface area contributed by atoms with Gasteiger partial charge >= 0.3 is 0 Å². The third kappa shape index (κ3) is 3.18. The molecular formula is C16H13N3O4S. The van der Waals surface area contributed by atoms with E-state index in [4.69, 9.17) is 0 Å². The predicted octanol–water partition coefficient (Wildman–Crippen LogP) is 1.08. The average Bonchev–Trinajstić information content (AvgIpc) is 2.54. The second-order valence-corrected chi connectivity index (χ2v) is 6.94. The first-order valence-corrected chi connectivity index (χ1v) is 8.83. The average molecular weight is 343 g/mol. The number of amides is 1. The Bertz CT molecular complexity index is 1090. The molecule has 0 aliphatic rings. The van der Waals surface area contributed by atoms with Gasteiger partial charge in [0, 0.05) is 5.56 Å². The monoisotopic (exact) mass is 343 g/mol. The van der Waals surface area contributed by atoms with Crippen molar-refractivity contribution >= 4 is 26.8 Å². The molecule has 0 unspecified atom stereocenters. The zero-order chi connectivity index (χ0) is 17.3. The Hall–Kier alpha value is -3.00. The Labute approximate surface area is 137 Å². The van der Waals surface area contributed by atoms with Crippen LogP contribution in [0.15, 0.2) is 59.7 Å². The molecule has 0 fully saturated rings.